The van der Waals surface area contributed by atoms with Gasteiger partial charge in [0.05, 0.1) is 14.2 Å². The quantitative estimate of drug-likeness (QED) is 0.776. The minimum atomic E-state index is -0.105. The van der Waals surface area contributed by atoms with Crippen molar-refractivity contribution in [1.29, 1.82) is 0 Å². The van der Waals surface area contributed by atoms with Crippen LogP contribution in [0.5, 0.6) is 11.5 Å². The number of hydrogen-bond acceptors (Lipinski definition) is 4. The van der Waals surface area contributed by atoms with Crippen molar-refractivity contribution >= 4 is 5.78 Å². The van der Waals surface area contributed by atoms with E-state index in [0.717, 1.165) is 37.1 Å². The van der Waals surface area contributed by atoms with Crippen molar-refractivity contribution in [2.75, 3.05) is 20.8 Å². The lowest BCUT2D eigenvalue weighted by atomic mass is 9.98. The van der Waals surface area contributed by atoms with Crippen LogP contribution < -0.4 is 9.47 Å². The van der Waals surface area contributed by atoms with Gasteiger partial charge in [-0.05, 0) is 54.0 Å². The van der Waals surface area contributed by atoms with Gasteiger partial charge in [0, 0.05) is 24.6 Å². The lowest BCUT2D eigenvalue weighted by molar-refractivity contribution is 0.0959. The first-order valence-electron chi connectivity index (χ1n) is 9.64. The van der Waals surface area contributed by atoms with Crippen LogP contribution in [0.2, 0.25) is 0 Å². The summed E-state index contributed by atoms with van der Waals surface area (Å²) in [5, 5.41) is 0. The fraction of sp³-hybridized carbons (Fsp3) is 0.292. The van der Waals surface area contributed by atoms with E-state index < -0.39 is 0 Å². The van der Waals surface area contributed by atoms with E-state index in [2.05, 4.69) is 47.5 Å². The van der Waals surface area contributed by atoms with Crippen LogP contribution >= 0.6 is 0 Å². The zero-order chi connectivity index (χ0) is 19.5. The van der Waals surface area contributed by atoms with Gasteiger partial charge in [-0.15, -0.1) is 0 Å². The topological polar surface area (TPSA) is 38.8 Å². The Morgan fingerprint density at radius 3 is 2.54 bits per heavy atom. The Kier molecular flexibility index (Phi) is 5.20. The van der Waals surface area contributed by atoms with Crippen LogP contribution in [0.25, 0.3) is 0 Å². The highest BCUT2D eigenvalue weighted by atomic mass is 16.5. The van der Waals surface area contributed by atoms with Crippen LogP contribution in [-0.4, -0.2) is 31.4 Å². The number of methoxy groups -OCH3 is 2. The van der Waals surface area contributed by atoms with Crippen LogP contribution in [-0.2, 0) is 13.0 Å². The minimum Gasteiger partial charge on any atom is -0.493 e. The van der Waals surface area contributed by atoms with Crippen molar-refractivity contribution in [1.82, 2.24) is 4.90 Å². The van der Waals surface area contributed by atoms with E-state index in [-0.39, 0.29) is 11.7 Å². The van der Waals surface area contributed by atoms with Crippen molar-refractivity contribution < 1.29 is 14.3 Å². The summed E-state index contributed by atoms with van der Waals surface area (Å²) in [4.78, 5) is 15.2. The van der Waals surface area contributed by atoms with E-state index in [4.69, 9.17) is 9.47 Å². The molecule has 2 aromatic carbocycles. The molecular formula is C24H25NO3. The summed E-state index contributed by atoms with van der Waals surface area (Å²) in [6.07, 6.45) is 8.10. The Morgan fingerprint density at radius 1 is 1.11 bits per heavy atom. The lowest BCUT2D eigenvalue weighted by Gasteiger charge is -2.25. The number of ketones is 1. The van der Waals surface area contributed by atoms with Gasteiger partial charge in [0.2, 0.25) is 0 Å². The van der Waals surface area contributed by atoms with E-state index in [0.29, 0.717) is 11.5 Å². The second-order valence-electron chi connectivity index (χ2n) is 7.30. The summed E-state index contributed by atoms with van der Waals surface area (Å²) >= 11 is 0. The molecule has 0 aromatic heterocycles. The van der Waals surface area contributed by atoms with Gasteiger partial charge in [0.15, 0.2) is 17.3 Å². The standard InChI is InChI=1S/C24H25NO3/c1-27-22-14-19-13-20(24(26)21(19)15-23(22)28-2)12-17-8-10-25(11-9-17)16-18-6-4-3-5-7-18/h3-8,10,12,14-15,20H,9,11,13,16H2,1-2H3/b17-12-/t20-/m0/s1. The fourth-order valence-corrected chi connectivity index (χ4v) is 3.96. The molecule has 1 aliphatic carbocycles. The molecule has 4 heteroatoms. The molecule has 1 aliphatic heterocycles. The third-order valence-corrected chi connectivity index (χ3v) is 5.48. The summed E-state index contributed by atoms with van der Waals surface area (Å²) in [5.41, 5.74) is 4.33. The Morgan fingerprint density at radius 2 is 1.86 bits per heavy atom. The molecule has 0 spiro atoms. The first-order valence-corrected chi connectivity index (χ1v) is 9.64. The van der Waals surface area contributed by atoms with Crippen LogP contribution in [0, 0.1) is 5.92 Å². The molecule has 1 heterocycles. The Balaban J connectivity index is 1.46. The predicted octanol–water partition coefficient (Wildman–Crippen LogP) is 4.40. The number of benzene rings is 2. The van der Waals surface area contributed by atoms with Crippen molar-refractivity contribution in [3.05, 3.63) is 83.1 Å². The number of carbonyl (C=O) groups is 1. The fourth-order valence-electron chi connectivity index (χ4n) is 3.96. The Hall–Kier alpha value is -3.01. The van der Waals surface area contributed by atoms with Crippen molar-refractivity contribution in [3.63, 3.8) is 0 Å². The van der Waals surface area contributed by atoms with Crippen molar-refractivity contribution in [2.45, 2.75) is 19.4 Å². The van der Waals surface area contributed by atoms with Gasteiger partial charge in [-0.3, -0.25) is 4.79 Å². The van der Waals surface area contributed by atoms with E-state index in [1.54, 1.807) is 14.2 Å². The number of fused-ring (bicyclic) bond motifs is 1. The van der Waals surface area contributed by atoms with E-state index >= 15 is 0 Å². The molecule has 2 aliphatic rings. The molecule has 0 bridgehead atoms. The second kappa shape index (κ2) is 7.93. The molecule has 2 aromatic rings. The van der Waals surface area contributed by atoms with Gasteiger partial charge >= 0.3 is 0 Å². The van der Waals surface area contributed by atoms with E-state index in [1.165, 1.54) is 11.1 Å². The zero-order valence-electron chi connectivity index (χ0n) is 16.4. The number of hydrogen-bond donors (Lipinski definition) is 0. The highest BCUT2D eigenvalue weighted by Gasteiger charge is 2.31. The zero-order valence-corrected chi connectivity index (χ0v) is 16.4. The molecule has 0 saturated heterocycles. The SMILES string of the molecule is COc1cc2c(cc1OC)C(=O)[C@@H](/C=C1/C=CN(Cc3ccccc3)CC1)C2. The third-order valence-electron chi connectivity index (χ3n) is 5.48. The molecule has 0 saturated carbocycles. The number of Topliss-reactive ketones (excluding diaryl/α,β-unsaturated/α-hetero) is 1. The highest BCUT2D eigenvalue weighted by molar-refractivity contribution is 6.04. The molecule has 4 rings (SSSR count). The molecule has 0 unspecified atom stereocenters. The van der Waals surface area contributed by atoms with E-state index in [1.807, 2.05) is 18.2 Å². The van der Waals surface area contributed by atoms with Crippen molar-refractivity contribution in [2.24, 2.45) is 5.92 Å². The predicted molar refractivity (Wildman–Crippen MR) is 110 cm³/mol. The summed E-state index contributed by atoms with van der Waals surface area (Å²) in [5.74, 6) is 1.35. The monoisotopic (exact) mass is 375 g/mol. The maximum atomic E-state index is 12.9. The smallest absolute Gasteiger partial charge is 0.170 e. The molecule has 4 nitrogen and oxygen atoms in total. The summed E-state index contributed by atoms with van der Waals surface area (Å²) in [7, 11) is 3.21. The Bertz CT molecular complexity index is 930. The molecule has 0 amide bonds. The number of allylic oxidation sites excluding steroid dienone is 2. The molecule has 0 fully saturated rings. The number of carbonyl (C=O) groups excluding carboxylic acids is 1. The van der Waals surface area contributed by atoms with Gasteiger partial charge in [-0.1, -0.05) is 36.4 Å². The molecule has 1 atom stereocenters. The molecule has 144 valence electrons. The maximum Gasteiger partial charge on any atom is 0.170 e. The van der Waals surface area contributed by atoms with Crippen LogP contribution in [0.4, 0.5) is 0 Å². The minimum absolute atomic E-state index is 0.105. The summed E-state index contributed by atoms with van der Waals surface area (Å²) in [6, 6.07) is 14.2. The van der Waals surface area contributed by atoms with Crippen LogP contribution in [0.3, 0.4) is 0 Å². The van der Waals surface area contributed by atoms with Gasteiger partial charge in [0.25, 0.3) is 0 Å². The average Bonchev–Trinajstić information content (AvgIpc) is 3.03. The second-order valence-corrected chi connectivity index (χ2v) is 7.30. The van der Waals surface area contributed by atoms with Gasteiger partial charge in [-0.25, -0.2) is 0 Å². The summed E-state index contributed by atoms with van der Waals surface area (Å²) < 4.78 is 10.7. The van der Waals surface area contributed by atoms with Crippen LogP contribution in [0.1, 0.15) is 27.9 Å². The molecule has 0 N–H and O–H groups in total. The maximum absolute atomic E-state index is 12.9. The third kappa shape index (κ3) is 3.68. The van der Waals surface area contributed by atoms with Crippen LogP contribution in [0.15, 0.2) is 66.4 Å². The van der Waals surface area contributed by atoms with Gasteiger partial charge in [-0.2, -0.15) is 0 Å². The lowest BCUT2D eigenvalue weighted by Crippen LogP contribution is -2.21. The molecular weight excluding hydrogens is 350 g/mol. The number of rotatable bonds is 5. The largest absolute Gasteiger partial charge is 0.493 e. The van der Waals surface area contributed by atoms with Crippen molar-refractivity contribution in [3.8, 4) is 11.5 Å². The number of nitrogens with zero attached hydrogens (tertiary/aromatic N) is 1. The molecule has 28 heavy (non-hydrogen) atoms. The number of ether oxygens (including phenoxy) is 2. The van der Waals surface area contributed by atoms with E-state index in [9.17, 15) is 4.79 Å². The first-order chi connectivity index (χ1) is 13.7. The first kappa shape index (κ1) is 18.4. The Labute approximate surface area is 166 Å². The van der Waals surface area contributed by atoms with Gasteiger partial charge < -0.3 is 14.4 Å². The highest BCUT2D eigenvalue weighted by Crippen LogP contribution is 2.37. The average molecular weight is 375 g/mol. The normalized spacial score (nSPS) is 19.8. The summed E-state index contributed by atoms with van der Waals surface area (Å²) in [6.45, 7) is 1.88. The van der Waals surface area contributed by atoms with Gasteiger partial charge in [0.1, 0.15) is 0 Å². The molecule has 0 radical (unpaired) electrons.